The van der Waals surface area contributed by atoms with Crippen LogP contribution in [0.3, 0.4) is 0 Å². The van der Waals surface area contributed by atoms with Crippen LogP contribution in [0.15, 0.2) is 60.7 Å². The van der Waals surface area contributed by atoms with E-state index < -0.39 is 0 Å². The molecule has 0 atom stereocenters. The van der Waals surface area contributed by atoms with Gasteiger partial charge >= 0.3 is 5.97 Å². The summed E-state index contributed by atoms with van der Waals surface area (Å²) in [6.45, 7) is 5.85. The average Bonchev–Trinajstić information content (AvgIpc) is 2.63. The summed E-state index contributed by atoms with van der Waals surface area (Å²) in [7, 11) is 0. The smallest absolute Gasteiger partial charge is 0.311 e. The molecule has 0 radical (unpaired) electrons. The second-order valence-electron chi connectivity index (χ2n) is 6.77. The van der Waals surface area contributed by atoms with Gasteiger partial charge < -0.3 is 10.1 Å². The molecule has 1 aromatic heterocycles. The molecular weight excluding hydrogens is 338 g/mol. The molecule has 3 rings (SSSR count). The number of nitrogens with zero attached hydrogens (tertiary/aromatic N) is 2. The van der Waals surface area contributed by atoms with Crippen molar-refractivity contribution >= 4 is 17.5 Å². The van der Waals surface area contributed by atoms with Crippen molar-refractivity contribution in [3.63, 3.8) is 0 Å². The number of hydrogen-bond donors (Lipinski definition) is 1. The molecule has 0 fully saturated rings. The molecule has 0 aliphatic carbocycles. The first-order valence-corrected chi connectivity index (χ1v) is 8.98. The Morgan fingerprint density at radius 2 is 1.74 bits per heavy atom. The van der Waals surface area contributed by atoms with Crippen LogP contribution in [0.1, 0.15) is 26.1 Å². The maximum absolute atomic E-state index is 11.8. The third kappa shape index (κ3) is 5.38. The number of ether oxygens (including phenoxy) is 1. The monoisotopic (exact) mass is 361 g/mol. The van der Waals surface area contributed by atoms with Crippen LogP contribution in [0, 0.1) is 12.8 Å². The minimum absolute atomic E-state index is 0.218. The Labute approximate surface area is 159 Å². The Balaban J connectivity index is 1.72. The summed E-state index contributed by atoms with van der Waals surface area (Å²) < 4.78 is 5.33. The van der Waals surface area contributed by atoms with E-state index in [1.54, 1.807) is 12.1 Å². The highest BCUT2D eigenvalue weighted by molar-refractivity contribution is 5.73. The van der Waals surface area contributed by atoms with Crippen molar-refractivity contribution in [2.45, 2.75) is 27.2 Å². The van der Waals surface area contributed by atoms with Crippen LogP contribution < -0.4 is 10.1 Å². The molecule has 2 aromatic carbocycles. The normalized spacial score (nSPS) is 10.7. The summed E-state index contributed by atoms with van der Waals surface area (Å²) in [5.41, 5.74) is 2.76. The maximum Gasteiger partial charge on any atom is 0.311 e. The zero-order chi connectivity index (χ0) is 19.2. The lowest BCUT2D eigenvalue weighted by molar-refractivity contribution is -0.135. The van der Waals surface area contributed by atoms with Crippen molar-refractivity contribution in [3.8, 4) is 17.0 Å². The van der Waals surface area contributed by atoms with Crippen LogP contribution in [0.4, 0.5) is 11.5 Å². The van der Waals surface area contributed by atoms with Gasteiger partial charge in [-0.25, -0.2) is 9.97 Å². The molecule has 1 N–H and O–H groups in total. The Morgan fingerprint density at radius 1 is 1.04 bits per heavy atom. The minimum Gasteiger partial charge on any atom is -0.427 e. The number of anilines is 2. The van der Waals surface area contributed by atoms with Crippen LogP contribution in [0.25, 0.3) is 11.3 Å². The predicted molar refractivity (Wildman–Crippen MR) is 107 cm³/mol. The fourth-order valence-corrected chi connectivity index (χ4v) is 2.65. The van der Waals surface area contributed by atoms with Crippen LogP contribution in [-0.2, 0) is 4.79 Å². The number of benzene rings is 2. The summed E-state index contributed by atoms with van der Waals surface area (Å²) >= 11 is 0. The van der Waals surface area contributed by atoms with E-state index >= 15 is 0 Å². The van der Waals surface area contributed by atoms with Gasteiger partial charge in [-0.15, -0.1) is 0 Å². The maximum atomic E-state index is 11.8. The number of rotatable bonds is 6. The van der Waals surface area contributed by atoms with E-state index in [1.807, 2.05) is 69.3 Å². The van der Waals surface area contributed by atoms with Gasteiger partial charge in [-0.05, 0) is 37.1 Å². The molecule has 0 saturated heterocycles. The lowest BCUT2D eigenvalue weighted by Gasteiger charge is -2.10. The predicted octanol–water partition coefficient (Wildman–Crippen LogP) is 5.15. The molecule has 0 spiro atoms. The standard InChI is InChI=1S/C22H23N3O2/c1-15(2)13-22(26)27-19-11-9-18(10-12-19)25-21-14-20(23-16(3)24-21)17-7-5-4-6-8-17/h4-12,14-15H,13H2,1-3H3,(H,23,24,25). The van der Waals surface area contributed by atoms with Gasteiger partial charge in [0.25, 0.3) is 0 Å². The average molecular weight is 361 g/mol. The largest absolute Gasteiger partial charge is 0.427 e. The number of carbonyl (C=O) groups is 1. The van der Waals surface area contributed by atoms with Gasteiger partial charge in [0.05, 0.1) is 5.69 Å². The van der Waals surface area contributed by atoms with E-state index in [0.29, 0.717) is 23.8 Å². The Morgan fingerprint density at radius 3 is 2.41 bits per heavy atom. The Bertz CT molecular complexity index is 907. The topological polar surface area (TPSA) is 64.1 Å². The highest BCUT2D eigenvalue weighted by Gasteiger charge is 2.08. The lowest BCUT2D eigenvalue weighted by atomic mass is 10.1. The quantitative estimate of drug-likeness (QED) is 0.486. The first-order chi connectivity index (χ1) is 13.0. The molecule has 5 heteroatoms. The van der Waals surface area contributed by atoms with Gasteiger partial charge in [-0.1, -0.05) is 44.2 Å². The molecule has 3 aromatic rings. The summed E-state index contributed by atoms with van der Waals surface area (Å²) in [4.78, 5) is 20.7. The zero-order valence-electron chi connectivity index (χ0n) is 15.8. The van der Waals surface area contributed by atoms with Crippen molar-refractivity contribution in [2.75, 3.05) is 5.32 Å². The molecule has 0 aliphatic heterocycles. The van der Waals surface area contributed by atoms with Crippen molar-refractivity contribution in [3.05, 3.63) is 66.5 Å². The van der Waals surface area contributed by atoms with Crippen molar-refractivity contribution in [1.29, 1.82) is 0 Å². The molecule has 1 heterocycles. The summed E-state index contributed by atoms with van der Waals surface area (Å²) in [5.74, 6) is 2.00. The van der Waals surface area contributed by atoms with E-state index in [2.05, 4.69) is 15.3 Å². The van der Waals surface area contributed by atoms with E-state index in [0.717, 1.165) is 16.9 Å². The number of hydrogen-bond acceptors (Lipinski definition) is 5. The van der Waals surface area contributed by atoms with Gasteiger partial charge in [-0.3, -0.25) is 4.79 Å². The van der Waals surface area contributed by atoms with E-state index in [4.69, 9.17) is 4.74 Å². The van der Waals surface area contributed by atoms with Crippen molar-refractivity contribution in [1.82, 2.24) is 9.97 Å². The molecular formula is C22H23N3O2. The number of aryl methyl sites for hydroxylation is 1. The molecule has 138 valence electrons. The molecule has 0 unspecified atom stereocenters. The van der Waals surface area contributed by atoms with Gasteiger partial charge in [0.15, 0.2) is 0 Å². The first-order valence-electron chi connectivity index (χ1n) is 8.98. The Kier molecular flexibility index (Phi) is 5.81. The van der Waals surface area contributed by atoms with E-state index in [9.17, 15) is 4.79 Å². The molecule has 5 nitrogen and oxygen atoms in total. The third-order valence-electron chi connectivity index (χ3n) is 3.84. The summed E-state index contributed by atoms with van der Waals surface area (Å²) in [5, 5.41) is 3.28. The van der Waals surface area contributed by atoms with Crippen LogP contribution in [0.2, 0.25) is 0 Å². The zero-order valence-corrected chi connectivity index (χ0v) is 15.8. The minimum atomic E-state index is -0.218. The van der Waals surface area contributed by atoms with Crippen LogP contribution >= 0.6 is 0 Å². The van der Waals surface area contributed by atoms with Crippen LogP contribution in [0.5, 0.6) is 5.75 Å². The first kappa shape index (κ1) is 18.6. The molecule has 0 amide bonds. The molecule has 0 aliphatic rings. The second-order valence-corrected chi connectivity index (χ2v) is 6.77. The Hall–Kier alpha value is -3.21. The highest BCUT2D eigenvalue weighted by Crippen LogP contribution is 2.23. The molecule has 0 bridgehead atoms. The third-order valence-corrected chi connectivity index (χ3v) is 3.84. The fourth-order valence-electron chi connectivity index (χ4n) is 2.65. The number of esters is 1. The van der Waals surface area contributed by atoms with E-state index in [-0.39, 0.29) is 11.9 Å². The van der Waals surface area contributed by atoms with Crippen molar-refractivity contribution in [2.24, 2.45) is 5.92 Å². The van der Waals surface area contributed by atoms with Gasteiger partial charge in [-0.2, -0.15) is 0 Å². The van der Waals surface area contributed by atoms with Gasteiger partial charge in [0.1, 0.15) is 17.4 Å². The SMILES string of the molecule is Cc1nc(Nc2ccc(OC(=O)CC(C)C)cc2)cc(-c2ccccc2)n1. The van der Waals surface area contributed by atoms with Gasteiger partial charge in [0.2, 0.25) is 0 Å². The van der Waals surface area contributed by atoms with Crippen molar-refractivity contribution < 1.29 is 9.53 Å². The molecule has 0 saturated carbocycles. The second kappa shape index (κ2) is 8.45. The summed E-state index contributed by atoms with van der Waals surface area (Å²) in [6.07, 6.45) is 0.405. The van der Waals surface area contributed by atoms with E-state index in [1.165, 1.54) is 0 Å². The lowest BCUT2D eigenvalue weighted by Crippen LogP contribution is -2.10. The number of nitrogens with one attached hydrogen (secondary N) is 1. The number of carbonyl (C=O) groups excluding carboxylic acids is 1. The number of aromatic nitrogens is 2. The van der Waals surface area contributed by atoms with Gasteiger partial charge in [0, 0.05) is 23.7 Å². The van der Waals surface area contributed by atoms with Crippen LogP contribution in [-0.4, -0.2) is 15.9 Å². The summed E-state index contributed by atoms with van der Waals surface area (Å²) in [6, 6.07) is 19.2. The fraction of sp³-hybridized carbons (Fsp3) is 0.227. The molecule has 27 heavy (non-hydrogen) atoms. The highest BCUT2D eigenvalue weighted by atomic mass is 16.5.